The molecule has 38 heavy (non-hydrogen) atoms. The second-order valence-corrected chi connectivity index (χ2v) is 9.06. The second kappa shape index (κ2) is 10.8. The van der Waals surface area contributed by atoms with Crippen LogP contribution in [0.5, 0.6) is 5.88 Å². The first-order valence-corrected chi connectivity index (χ1v) is 12.2. The lowest BCUT2D eigenvalue weighted by atomic mass is 10.0. The Kier molecular flexibility index (Phi) is 7.15. The summed E-state index contributed by atoms with van der Waals surface area (Å²) in [6, 6.07) is 17.2. The van der Waals surface area contributed by atoms with E-state index in [4.69, 9.17) is 19.7 Å². The Morgan fingerprint density at radius 3 is 2.76 bits per heavy atom. The van der Waals surface area contributed by atoms with Gasteiger partial charge in [-0.05, 0) is 48.4 Å². The van der Waals surface area contributed by atoms with Crippen molar-refractivity contribution >= 4 is 22.6 Å². The highest BCUT2D eigenvalue weighted by Gasteiger charge is 2.18. The molecule has 1 aliphatic heterocycles. The van der Waals surface area contributed by atoms with Crippen molar-refractivity contribution in [2.75, 3.05) is 20.2 Å². The standard InChI is InChI=1S/C29H26FN5O3/c1-34-26-15-21(29(36)37-2)8-9-25(26)32-27(34)17-35-12-10-20(11-13-35)24-4-3-5-28(33-24)38-18-22-7-6-19(16-31)14-23(22)30/h3-10,14-15H,11-13,17-18H2,1-2H3. The number of ether oxygens (including phenoxy) is 2. The number of nitrogens with zero attached hydrogens (tertiary/aromatic N) is 5. The van der Waals surface area contributed by atoms with Crippen LogP contribution in [0.4, 0.5) is 4.39 Å². The molecule has 4 aromatic rings. The van der Waals surface area contributed by atoms with Gasteiger partial charge in [0.2, 0.25) is 5.88 Å². The number of halogens is 1. The third-order valence-electron chi connectivity index (χ3n) is 6.66. The van der Waals surface area contributed by atoms with Gasteiger partial charge in [0.1, 0.15) is 18.2 Å². The average Bonchev–Trinajstić information content (AvgIpc) is 3.26. The summed E-state index contributed by atoms with van der Waals surface area (Å²) in [4.78, 5) is 23.6. The Bertz CT molecular complexity index is 1590. The van der Waals surface area contributed by atoms with Crippen LogP contribution in [0.3, 0.4) is 0 Å². The lowest BCUT2D eigenvalue weighted by molar-refractivity contribution is 0.0601. The molecule has 192 valence electrons. The molecule has 0 spiro atoms. The van der Waals surface area contributed by atoms with Crippen LogP contribution in [0.25, 0.3) is 16.6 Å². The van der Waals surface area contributed by atoms with E-state index in [9.17, 15) is 9.18 Å². The zero-order valence-corrected chi connectivity index (χ0v) is 21.1. The van der Waals surface area contributed by atoms with Crippen molar-refractivity contribution in [3.63, 3.8) is 0 Å². The van der Waals surface area contributed by atoms with Gasteiger partial charge in [-0.2, -0.15) is 5.26 Å². The van der Waals surface area contributed by atoms with Crippen LogP contribution >= 0.6 is 0 Å². The second-order valence-electron chi connectivity index (χ2n) is 9.06. The lowest BCUT2D eigenvalue weighted by Gasteiger charge is -2.25. The number of imidazole rings is 1. The van der Waals surface area contributed by atoms with E-state index < -0.39 is 5.82 Å². The molecule has 2 aromatic heterocycles. The number of methoxy groups -OCH3 is 1. The van der Waals surface area contributed by atoms with Crippen LogP contribution < -0.4 is 4.74 Å². The van der Waals surface area contributed by atoms with Gasteiger partial charge in [-0.3, -0.25) is 4.90 Å². The van der Waals surface area contributed by atoms with E-state index >= 15 is 0 Å². The number of hydrogen-bond acceptors (Lipinski definition) is 7. The third-order valence-corrected chi connectivity index (χ3v) is 6.66. The highest BCUT2D eigenvalue weighted by Crippen LogP contribution is 2.25. The lowest BCUT2D eigenvalue weighted by Crippen LogP contribution is -2.29. The summed E-state index contributed by atoms with van der Waals surface area (Å²) < 4.78 is 26.7. The summed E-state index contributed by atoms with van der Waals surface area (Å²) in [7, 11) is 3.33. The number of aromatic nitrogens is 3. The summed E-state index contributed by atoms with van der Waals surface area (Å²) in [5, 5.41) is 8.90. The molecule has 0 atom stereocenters. The normalized spacial score (nSPS) is 13.7. The highest BCUT2D eigenvalue weighted by molar-refractivity contribution is 5.93. The molecule has 2 aromatic carbocycles. The number of pyridine rings is 1. The monoisotopic (exact) mass is 511 g/mol. The van der Waals surface area contributed by atoms with E-state index in [1.54, 1.807) is 24.3 Å². The summed E-state index contributed by atoms with van der Waals surface area (Å²) in [6.45, 7) is 2.29. The van der Waals surface area contributed by atoms with E-state index in [-0.39, 0.29) is 18.1 Å². The van der Waals surface area contributed by atoms with Crippen LogP contribution in [-0.4, -0.2) is 45.6 Å². The maximum absolute atomic E-state index is 14.2. The van der Waals surface area contributed by atoms with E-state index in [1.807, 2.05) is 41.9 Å². The predicted octanol–water partition coefficient (Wildman–Crippen LogP) is 4.63. The first-order chi connectivity index (χ1) is 18.4. The van der Waals surface area contributed by atoms with Crippen LogP contribution in [0.1, 0.15) is 39.4 Å². The molecule has 9 heteroatoms. The van der Waals surface area contributed by atoms with Crippen molar-refractivity contribution in [1.29, 1.82) is 5.26 Å². The van der Waals surface area contributed by atoms with E-state index in [0.717, 1.165) is 47.6 Å². The SMILES string of the molecule is COC(=O)c1ccc2nc(CN3CC=C(c4cccc(OCc5ccc(C#N)cc5F)n4)CC3)n(C)c2c1. The van der Waals surface area contributed by atoms with Crippen LogP contribution in [-0.2, 0) is 24.9 Å². The first-order valence-electron chi connectivity index (χ1n) is 12.2. The van der Waals surface area contributed by atoms with Gasteiger partial charge in [0.05, 0.1) is 47.6 Å². The fourth-order valence-electron chi connectivity index (χ4n) is 4.47. The number of fused-ring (bicyclic) bond motifs is 1. The van der Waals surface area contributed by atoms with Crippen LogP contribution in [0, 0.1) is 17.1 Å². The number of aryl methyl sites for hydroxylation is 1. The minimum Gasteiger partial charge on any atom is -0.473 e. The molecule has 0 saturated carbocycles. The molecule has 0 bridgehead atoms. The molecule has 1 aliphatic rings. The Labute approximate surface area is 219 Å². The number of rotatable bonds is 7. The summed E-state index contributed by atoms with van der Waals surface area (Å²) in [5.41, 5.74) is 4.83. The van der Waals surface area contributed by atoms with E-state index in [0.29, 0.717) is 23.6 Å². The molecule has 0 N–H and O–H groups in total. The molecule has 0 saturated heterocycles. The van der Waals surface area contributed by atoms with Crippen molar-refractivity contribution in [2.45, 2.75) is 19.6 Å². The van der Waals surface area contributed by atoms with E-state index in [2.05, 4.69) is 16.0 Å². The maximum Gasteiger partial charge on any atom is 0.337 e. The smallest absolute Gasteiger partial charge is 0.337 e. The fourth-order valence-corrected chi connectivity index (χ4v) is 4.47. The van der Waals surface area contributed by atoms with Gasteiger partial charge in [-0.25, -0.2) is 19.2 Å². The van der Waals surface area contributed by atoms with Gasteiger partial charge >= 0.3 is 5.97 Å². The Morgan fingerprint density at radius 2 is 2.03 bits per heavy atom. The molecular formula is C29H26FN5O3. The molecule has 0 aliphatic carbocycles. The molecule has 0 unspecified atom stereocenters. The largest absolute Gasteiger partial charge is 0.473 e. The minimum absolute atomic E-state index is 0.0277. The Balaban J connectivity index is 1.23. The number of esters is 1. The maximum atomic E-state index is 14.2. The quantitative estimate of drug-likeness (QED) is 0.334. The van der Waals surface area contributed by atoms with Crippen LogP contribution in [0.15, 0.2) is 60.7 Å². The van der Waals surface area contributed by atoms with Gasteiger partial charge in [0, 0.05) is 31.8 Å². The minimum atomic E-state index is -0.472. The number of carbonyl (C=O) groups is 1. The molecule has 0 radical (unpaired) electrons. The predicted molar refractivity (Wildman–Crippen MR) is 140 cm³/mol. The first kappa shape index (κ1) is 25.1. The van der Waals surface area contributed by atoms with Crippen molar-refractivity contribution in [3.8, 4) is 11.9 Å². The average molecular weight is 512 g/mol. The van der Waals surface area contributed by atoms with E-state index in [1.165, 1.54) is 13.2 Å². The van der Waals surface area contributed by atoms with Crippen molar-refractivity contribution in [2.24, 2.45) is 7.05 Å². The molecule has 5 rings (SSSR count). The zero-order chi connectivity index (χ0) is 26.6. The number of hydrogen-bond donors (Lipinski definition) is 0. The van der Waals surface area contributed by atoms with Gasteiger partial charge in [0.15, 0.2) is 0 Å². The van der Waals surface area contributed by atoms with Crippen LogP contribution in [0.2, 0.25) is 0 Å². The van der Waals surface area contributed by atoms with Gasteiger partial charge in [-0.15, -0.1) is 0 Å². The molecular weight excluding hydrogens is 485 g/mol. The number of benzene rings is 2. The molecule has 8 nitrogen and oxygen atoms in total. The van der Waals surface area contributed by atoms with Gasteiger partial charge in [-0.1, -0.05) is 18.2 Å². The van der Waals surface area contributed by atoms with Gasteiger partial charge < -0.3 is 14.0 Å². The third kappa shape index (κ3) is 5.26. The number of nitriles is 1. The van der Waals surface area contributed by atoms with Crippen molar-refractivity contribution in [1.82, 2.24) is 19.4 Å². The topological polar surface area (TPSA) is 93.3 Å². The number of carbonyl (C=O) groups excluding carboxylic acids is 1. The van der Waals surface area contributed by atoms with Crippen molar-refractivity contribution < 1.29 is 18.7 Å². The van der Waals surface area contributed by atoms with Crippen molar-refractivity contribution in [3.05, 3.63) is 94.7 Å². The zero-order valence-electron chi connectivity index (χ0n) is 21.1. The molecule has 0 fully saturated rings. The Morgan fingerprint density at radius 1 is 1.16 bits per heavy atom. The Hall–Kier alpha value is -4.55. The van der Waals surface area contributed by atoms with Gasteiger partial charge in [0.25, 0.3) is 0 Å². The summed E-state index contributed by atoms with van der Waals surface area (Å²) in [5.74, 6) is 0.496. The molecule has 3 heterocycles. The highest BCUT2D eigenvalue weighted by atomic mass is 19.1. The summed E-state index contributed by atoms with van der Waals surface area (Å²) >= 11 is 0. The fraction of sp³-hybridized carbons (Fsp3) is 0.241. The molecule has 0 amide bonds. The summed E-state index contributed by atoms with van der Waals surface area (Å²) in [6.07, 6.45) is 2.98.